The average molecular weight is 218 g/mol. The predicted molar refractivity (Wildman–Crippen MR) is 67.0 cm³/mol. The molecule has 1 aliphatic carbocycles. The minimum absolute atomic E-state index is 0.860. The molecule has 1 fully saturated rings. The Morgan fingerprint density at radius 2 is 2.08 bits per heavy atom. The fraction of sp³-hybridized carbons (Fsp3) is 1.00. The van der Waals surface area contributed by atoms with Crippen LogP contribution in [0.5, 0.6) is 0 Å². The van der Waals surface area contributed by atoms with Gasteiger partial charge in [-0.25, -0.2) is 0 Å². The lowest BCUT2D eigenvalue weighted by Crippen LogP contribution is -2.08. The Kier molecular flexibility index (Phi) is 6.39. The van der Waals surface area contributed by atoms with Crippen molar-refractivity contribution in [2.75, 3.05) is 11.5 Å². The highest BCUT2D eigenvalue weighted by molar-refractivity contribution is 7.99. The van der Waals surface area contributed by atoms with E-state index in [1.54, 1.807) is 0 Å². The number of rotatable bonds is 6. The lowest BCUT2D eigenvalue weighted by atomic mass is 10.1. The molecule has 78 valence electrons. The maximum absolute atomic E-state index is 4.41. The van der Waals surface area contributed by atoms with Crippen LogP contribution >= 0.6 is 24.4 Å². The van der Waals surface area contributed by atoms with Crippen molar-refractivity contribution in [1.82, 2.24) is 0 Å². The van der Waals surface area contributed by atoms with E-state index in [-0.39, 0.29) is 0 Å². The molecule has 2 heteroatoms. The van der Waals surface area contributed by atoms with Crippen molar-refractivity contribution >= 4 is 24.4 Å². The normalized spacial score (nSPS) is 20.8. The molecule has 1 atom stereocenters. The van der Waals surface area contributed by atoms with Crippen molar-refractivity contribution in [1.29, 1.82) is 0 Å². The SMILES string of the molecule is CCCC(CS)CSC1CCCC1. The van der Waals surface area contributed by atoms with Gasteiger partial charge in [0, 0.05) is 5.25 Å². The Hall–Kier alpha value is 0.700. The second kappa shape index (κ2) is 7.05. The number of thiol groups is 1. The van der Waals surface area contributed by atoms with E-state index in [9.17, 15) is 0 Å². The fourth-order valence-electron chi connectivity index (χ4n) is 1.96. The van der Waals surface area contributed by atoms with Crippen LogP contribution in [0.2, 0.25) is 0 Å². The Morgan fingerprint density at radius 1 is 1.38 bits per heavy atom. The Balaban J connectivity index is 2.07. The van der Waals surface area contributed by atoms with Gasteiger partial charge in [-0.2, -0.15) is 24.4 Å². The molecule has 1 aliphatic rings. The molecule has 0 spiro atoms. The van der Waals surface area contributed by atoms with Crippen LogP contribution in [0.15, 0.2) is 0 Å². The summed E-state index contributed by atoms with van der Waals surface area (Å²) in [6, 6.07) is 0. The zero-order valence-corrected chi connectivity index (χ0v) is 10.4. The Labute approximate surface area is 92.7 Å². The third-order valence-electron chi connectivity index (χ3n) is 2.82. The summed E-state index contributed by atoms with van der Waals surface area (Å²) in [6.07, 6.45) is 8.56. The molecule has 0 heterocycles. The van der Waals surface area contributed by atoms with Crippen molar-refractivity contribution in [3.8, 4) is 0 Å². The predicted octanol–water partition coefficient (Wildman–Crippen LogP) is 4.01. The van der Waals surface area contributed by atoms with E-state index in [1.165, 1.54) is 44.3 Å². The van der Waals surface area contributed by atoms with Crippen molar-refractivity contribution in [2.45, 2.75) is 50.7 Å². The summed E-state index contributed by atoms with van der Waals surface area (Å²) in [5.41, 5.74) is 0. The van der Waals surface area contributed by atoms with Crippen LogP contribution < -0.4 is 0 Å². The topological polar surface area (TPSA) is 0 Å². The molecule has 0 amide bonds. The first-order chi connectivity index (χ1) is 6.36. The minimum Gasteiger partial charge on any atom is -0.179 e. The smallest absolute Gasteiger partial charge is 0.00471 e. The second-order valence-corrected chi connectivity index (χ2v) is 5.78. The van der Waals surface area contributed by atoms with Crippen molar-refractivity contribution in [3.63, 3.8) is 0 Å². The van der Waals surface area contributed by atoms with E-state index < -0.39 is 0 Å². The maximum atomic E-state index is 4.41. The molecule has 0 N–H and O–H groups in total. The standard InChI is InChI=1S/C11H22S2/c1-2-5-10(8-12)9-13-11-6-3-4-7-11/h10-12H,2-9H2,1H3. The summed E-state index contributed by atoms with van der Waals surface area (Å²) in [4.78, 5) is 0. The fourth-order valence-corrected chi connectivity index (χ4v) is 3.94. The molecule has 0 aromatic rings. The largest absolute Gasteiger partial charge is 0.179 e. The van der Waals surface area contributed by atoms with Crippen LogP contribution in [0.4, 0.5) is 0 Å². The zero-order chi connectivity index (χ0) is 9.52. The molecule has 0 bridgehead atoms. The molecule has 0 aliphatic heterocycles. The molecular weight excluding hydrogens is 196 g/mol. The minimum atomic E-state index is 0.860. The van der Waals surface area contributed by atoms with E-state index in [2.05, 4.69) is 31.3 Å². The number of hydrogen-bond acceptors (Lipinski definition) is 2. The third-order valence-corrected chi connectivity index (χ3v) is 4.95. The Bertz CT molecular complexity index is 119. The van der Waals surface area contributed by atoms with Crippen LogP contribution in [0.25, 0.3) is 0 Å². The summed E-state index contributed by atoms with van der Waals surface area (Å²) in [5, 5.41) is 0.985. The average Bonchev–Trinajstić information content (AvgIpc) is 2.64. The lowest BCUT2D eigenvalue weighted by Gasteiger charge is -2.15. The Morgan fingerprint density at radius 3 is 2.62 bits per heavy atom. The summed E-state index contributed by atoms with van der Waals surface area (Å²) in [7, 11) is 0. The number of thioether (sulfide) groups is 1. The van der Waals surface area contributed by atoms with E-state index in [1.807, 2.05) is 0 Å². The van der Waals surface area contributed by atoms with Crippen LogP contribution in [0.3, 0.4) is 0 Å². The molecule has 0 radical (unpaired) electrons. The molecule has 0 aromatic carbocycles. The van der Waals surface area contributed by atoms with Crippen molar-refractivity contribution in [2.24, 2.45) is 5.92 Å². The van der Waals surface area contributed by atoms with Gasteiger partial charge < -0.3 is 0 Å². The number of hydrogen-bond donors (Lipinski definition) is 1. The highest BCUT2D eigenvalue weighted by Crippen LogP contribution is 2.31. The van der Waals surface area contributed by atoms with Gasteiger partial charge >= 0.3 is 0 Å². The van der Waals surface area contributed by atoms with Crippen molar-refractivity contribution < 1.29 is 0 Å². The summed E-state index contributed by atoms with van der Waals surface area (Å²) in [6.45, 7) is 2.27. The van der Waals surface area contributed by atoms with E-state index in [0.717, 1.165) is 16.9 Å². The van der Waals surface area contributed by atoms with Crippen LogP contribution in [0, 0.1) is 5.92 Å². The molecule has 13 heavy (non-hydrogen) atoms. The molecule has 1 rings (SSSR count). The van der Waals surface area contributed by atoms with Gasteiger partial charge in [0.1, 0.15) is 0 Å². The van der Waals surface area contributed by atoms with Crippen LogP contribution in [-0.2, 0) is 0 Å². The summed E-state index contributed by atoms with van der Waals surface area (Å²) in [5.74, 6) is 3.29. The molecule has 0 aromatic heterocycles. The van der Waals surface area contributed by atoms with Gasteiger partial charge in [0.2, 0.25) is 0 Å². The van der Waals surface area contributed by atoms with E-state index in [4.69, 9.17) is 0 Å². The van der Waals surface area contributed by atoms with Gasteiger partial charge in [0.15, 0.2) is 0 Å². The molecular formula is C11H22S2. The van der Waals surface area contributed by atoms with Crippen LogP contribution in [0.1, 0.15) is 45.4 Å². The first-order valence-electron chi connectivity index (χ1n) is 5.59. The third kappa shape index (κ3) is 4.64. The van der Waals surface area contributed by atoms with Gasteiger partial charge in [-0.15, -0.1) is 0 Å². The summed E-state index contributed by atoms with van der Waals surface area (Å²) < 4.78 is 0. The summed E-state index contributed by atoms with van der Waals surface area (Å²) >= 11 is 6.62. The van der Waals surface area contributed by atoms with Crippen molar-refractivity contribution in [3.05, 3.63) is 0 Å². The van der Waals surface area contributed by atoms with Gasteiger partial charge in [-0.3, -0.25) is 0 Å². The highest BCUT2D eigenvalue weighted by atomic mass is 32.2. The van der Waals surface area contributed by atoms with Crippen LogP contribution in [-0.4, -0.2) is 16.8 Å². The molecule has 1 saturated carbocycles. The quantitative estimate of drug-likeness (QED) is 0.657. The first-order valence-corrected chi connectivity index (χ1v) is 7.27. The molecule has 0 nitrogen and oxygen atoms in total. The maximum Gasteiger partial charge on any atom is 0.00471 e. The zero-order valence-electron chi connectivity index (χ0n) is 8.67. The van der Waals surface area contributed by atoms with Gasteiger partial charge in [-0.05, 0) is 36.7 Å². The monoisotopic (exact) mass is 218 g/mol. The lowest BCUT2D eigenvalue weighted by molar-refractivity contribution is 0.594. The highest BCUT2D eigenvalue weighted by Gasteiger charge is 2.16. The van der Waals surface area contributed by atoms with Gasteiger partial charge in [0.25, 0.3) is 0 Å². The van der Waals surface area contributed by atoms with Gasteiger partial charge in [-0.1, -0.05) is 26.2 Å². The van der Waals surface area contributed by atoms with E-state index >= 15 is 0 Å². The van der Waals surface area contributed by atoms with E-state index in [0.29, 0.717) is 0 Å². The second-order valence-electron chi connectivity index (χ2n) is 4.08. The molecule has 1 unspecified atom stereocenters. The molecule has 0 saturated heterocycles. The van der Waals surface area contributed by atoms with Gasteiger partial charge in [0.05, 0.1) is 0 Å². The first kappa shape index (κ1) is 11.8.